The summed E-state index contributed by atoms with van der Waals surface area (Å²) in [5.41, 5.74) is 6.36. The number of hydrogen-bond acceptors (Lipinski definition) is 6. The van der Waals surface area contributed by atoms with Gasteiger partial charge in [0.15, 0.2) is 11.2 Å². The van der Waals surface area contributed by atoms with Crippen LogP contribution in [-0.4, -0.2) is 19.9 Å². The molecule has 0 fully saturated rings. The first-order valence-electron chi connectivity index (χ1n) is 10.2. The van der Waals surface area contributed by atoms with E-state index in [2.05, 4.69) is 9.97 Å². The van der Waals surface area contributed by atoms with E-state index in [1.807, 2.05) is 72.8 Å². The number of rotatable bonds is 2. The van der Waals surface area contributed by atoms with Crippen LogP contribution in [0.15, 0.2) is 94.0 Å². The van der Waals surface area contributed by atoms with E-state index in [0.29, 0.717) is 22.9 Å². The third-order valence-electron chi connectivity index (χ3n) is 5.66. The molecule has 150 valence electrons. The monoisotopic (exact) mass is 414 g/mol. The molecular weight excluding hydrogens is 400 g/mol. The molecule has 0 saturated heterocycles. The highest BCUT2D eigenvalue weighted by molar-refractivity contribution is 5.97. The first-order chi connectivity index (χ1) is 15.8. The molecule has 0 spiro atoms. The van der Waals surface area contributed by atoms with Gasteiger partial charge in [0.05, 0.1) is 11.0 Å². The van der Waals surface area contributed by atoms with E-state index in [1.54, 1.807) is 12.4 Å². The van der Waals surface area contributed by atoms with E-state index < -0.39 is 0 Å². The van der Waals surface area contributed by atoms with E-state index in [9.17, 15) is 0 Å². The maximum absolute atomic E-state index is 6.12. The maximum Gasteiger partial charge on any atom is 0.228 e. The summed E-state index contributed by atoms with van der Waals surface area (Å²) in [6.45, 7) is 0. The molecule has 32 heavy (non-hydrogen) atoms. The molecule has 0 unspecified atom stereocenters. The summed E-state index contributed by atoms with van der Waals surface area (Å²) in [7, 11) is 0. The largest absolute Gasteiger partial charge is 0.436 e. The van der Waals surface area contributed by atoms with Gasteiger partial charge in [-0.1, -0.05) is 36.4 Å². The molecule has 3 aromatic carbocycles. The van der Waals surface area contributed by atoms with Crippen molar-refractivity contribution in [1.29, 1.82) is 0 Å². The fourth-order valence-electron chi connectivity index (χ4n) is 4.14. The second kappa shape index (κ2) is 6.46. The Labute approximate surface area is 181 Å². The van der Waals surface area contributed by atoms with Crippen LogP contribution in [0.5, 0.6) is 0 Å². The van der Waals surface area contributed by atoms with Crippen molar-refractivity contribution in [3.05, 3.63) is 85.2 Å². The SMILES string of the molecule is c1ccc2c(-c3nc4cc5oc(-c6ccnc7ccccc67)nc5cc4o3)ccnc2c1. The lowest BCUT2D eigenvalue weighted by atomic mass is 10.1. The zero-order valence-electron chi connectivity index (χ0n) is 16.7. The van der Waals surface area contributed by atoms with Crippen LogP contribution in [0.1, 0.15) is 0 Å². The Balaban J connectivity index is 1.39. The van der Waals surface area contributed by atoms with Crippen LogP contribution in [0.2, 0.25) is 0 Å². The van der Waals surface area contributed by atoms with Crippen LogP contribution >= 0.6 is 0 Å². The van der Waals surface area contributed by atoms with Gasteiger partial charge >= 0.3 is 0 Å². The third-order valence-corrected chi connectivity index (χ3v) is 5.66. The first kappa shape index (κ1) is 17.1. The number of nitrogens with zero attached hydrogens (tertiary/aromatic N) is 4. The summed E-state index contributed by atoms with van der Waals surface area (Å²) in [5, 5.41) is 1.99. The van der Waals surface area contributed by atoms with Gasteiger partial charge in [-0.15, -0.1) is 0 Å². The van der Waals surface area contributed by atoms with Crippen LogP contribution in [0.4, 0.5) is 0 Å². The highest BCUT2D eigenvalue weighted by Gasteiger charge is 2.16. The minimum atomic E-state index is 0.548. The van der Waals surface area contributed by atoms with Gasteiger partial charge in [0.25, 0.3) is 0 Å². The number of benzene rings is 3. The Morgan fingerprint density at radius 2 is 0.969 bits per heavy atom. The number of aromatic nitrogens is 4. The zero-order chi connectivity index (χ0) is 21.1. The van der Waals surface area contributed by atoms with Gasteiger partial charge in [0, 0.05) is 46.4 Å². The van der Waals surface area contributed by atoms with Crippen LogP contribution in [0.3, 0.4) is 0 Å². The zero-order valence-corrected chi connectivity index (χ0v) is 16.7. The predicted molar refractivity (Wildman–Crippen MR) is 123 cm³/mol. The molecule has 0 radical (unpaired) electrons. The molecule has 4 heterocycles. The number of para-hydroxylation sites is 2. The normalized spacial score (nSPS) is 11.8. The van der Waals surface area contributed by atoms with E-state index in [1.165, 1.54) is 0 Å². The summed E-state index contributed by atoms with van der Waals surface area (Å²) in [6, 6.07) is 23.5. The fraction of sp³-hybridized carbons (Fsp3) is 0. The minimum Gasteiger partial charge on any atom is -0.436 e. The highest BCUT2D eigenvalue weighted by atomic mass is 16.4. The molecule has 0 aliphatic carbocycles. The molecule has 0 aliphatic heterocycles. The fourth-order valence-corrected chi connectivity index (χ4v) is 4.14. The van der Waals surface area contributed by atoms with Crippen LogP contribution < -0.4 is 0 Å². The topological polar surface area (TPSA) is 77.8 Å². The smallest absolute Gasteiger partial charge is 0.228 e. The van der Waals surface area contributed by atoms with Gasteiger partial charge in [-0.3, -0.25) is 9.97 Å². The van der Waals surface area contributed by atoms with Gasteiger partial charge < -0.3 is 8.83 Å². The Hall–Kier alpha value is -4.58. The van der Waals surface area contributed by atoms with Crippen LogP contribution in [-0.2, 0) is 0 Å². The van der Waals surface area contributed by atoms with Gasteiger partial charge in [0.2, 0.25) is 11.8 Å². The number of pyridine rings is 2. The quantitative estimate of drug-likeness (QED) is 0.326. The summed E-state index contributed by atoms with van der Waals surface area (Å²) in [4.78, 5) is 18.3. The maximum atomic E-state index is 6.12. The van der Waals surface area contributed by atoms with Gasteiger partial charge in [-0.05, 0) is 24.3 Å². The first-order valence-corrected chi connectivity index (χ1v) is 10.2. The van der Waals surface area contributed by atoms with E-state index in [-0.39, 0.29) is 0 Å². The minimum absolute atomic E-state index is 0.548. The van der Waals surface area contributed by atoms with Crippen LogP contribution in [0, 0.1) is 0 Å². The summed E-state index contributed by atoms with van der Waals surface area (Å²) >= 11 is 0. The van der Waals surface area contributed by atoms with Crippen molar-refractivity contribution in [3.8, 4) is 22.9 Å². The Bertz CT molecular complexity index is 1610. The lowest BCUT2D eigenvalue weighted by Crippen LogP contribution is -1.83. The molecule has 7 rings (SSSR count). The third kappa shape index (κ3) is 2.53. The van der Waals surface area contributed by atoms with Crippen LogP contribution in [0.25, 0.3) is 66.9 Å². The van der Waals surface area contributed by atoms with E-state index in [0.717, 1.165) is 44.0 Å². The Morgan fingerprint density at radius 3 is 1.47 bits per heavy atom. The molecule has 0 N–H and O–H groups in total. The lowest BCUT2D eigenvalue weighted by molar-refractivity contribution is 0.618. The average molecular weight is 414 g/mol. The molecule has 0 aliphatic rings. The van der Waals surface area contributed by atoms with Gasteiger partial charge in [0.1, 0.15) is 11.0 Å². The number of oxazole rings is 2. The van der Waals surface area contributed by atoms with Crippen molar-refractivity contribution < 1.29 is 8.83 Å². The van der Waals surface area contributed by atoms with Crippen molar-refractivity contribution in [2.45, 2.75) is 0 Å². The molecule has 7 aromatic rings. The second-order valence-electron chi connectivity index (χ2n) is 7.58. The number of fused-ring (bicyclic) bond motifs is 4. The Kier molecular flexibility index (Phi) is 3.46. The molecule has 4 aromatic heterocycles. The summed E-state index contributed by atoms with van der Waals surface area (Å²) < 4.78 is 12.2. The molecule has 0 atom stereocenters. The van der Waals surface area contributed by atoms with Crippen molar-refractivity contribution in [2.75, 3.05) is 0 Å². The molecular formula is C26H14N4O2. The van der Waals surface area contributed by atoms with E-state index in [4.69, 9.17) is 18.8 Å². The van der Waals surface area contributed by atoms with Gasteiger partial charge in [-0.25, -0.2) is 9.97 Å². The molecule has 6 heteroatoms. The summed E-state index contributed by atoms with van der Waals surface area (Å²) in [6.07, 6.45) is 3.54. The van der Waals surface area contributed by atoms with Crippen molar-refractivity contribution in [3.63, 3.8) is 0 Å². The molecule has 0 saturated carbocycles. The summed E-state index contributed by atoms with van der Waals surface area (Å²) in [5.74, 6) is 1.10. The van der Waals surface area contributed by atoms with Crippen molar-refractivity contribution in [2.24, 2.45) is 0 Å². The van der Waals surface area contributed by atoms with Crippen molar-refractivity contribution in [1.82, 2.24) is 19.9 Å². The van der Waals surface area contributed by atoms with Gasteiger partial charge in [-0.2, -0.15) is 0 Å². The van der Waals surface area contributed by atoms with Crippen molar-refractivity contribution >= 4 is 44.0 Å². The Morgan fingerprint density at radius 1 is 0.500 bits per heavy atom. The second-order valence-corrected chi connectivity index (χ2v) is 7.58. The highest BCUT2D eigenvalue weighted by Crippen LogP contribution is 2.34. The molecule has 0 bridgehead atoms. The molecule has 0 amide bonds. The average Bonchev–Trinajstić information content (AvgIpc) is 3.44. The van der Waals surface area contributed by atoms with E-state index >= 15 is 0 Å². The number of hydrogen-bond donors (Lipinski definition) is 0. The predicted octanol–water partition coefficient (Wildman–Crippen LogP) is 6.40. The standard InChI is InChI=1S/C26H14N4O2/c1-3-7-19-15(5-1)17(9-11-27-19)25-29-21-13-24-22(14-23(21)31-25)30-26(32-24)18-10-12-28-20-8-4-2-6-16(18)20/h1-14H. The lowest BCUT2D eigenvalue weighted by Gasteiger charge is -2.01. The molecule has 6 nitrogen and oxygen atoms in total.